The Labute approximate surface area is 144 Å². The zero-order chi connectivity index (χ0) is 17.6. The monoisotopic (exact) mass is 333 g/mol. The van der Waals surface area contributed by atoms with Crippen molar-refractivity contribution in [2.75, 3.05) is 5.32 Å². The van der Waals surface area contributed by atoms with E-state index in [4.69, 9.17) is 5.26 Å². The van der Waals surface area contributed by atoms with Crippen LogP contribution in [0, 0.1) is 21.4 Å². The second-order valence-corrected chi connectivity index (χ2v) is 5.51. The number of anilines is 1. The summed E-state index contributed by atoms with van der Waals surface area (Å²) in [7, 11) is 0. The third kappa shape index (κ3) is 4.00. The maximum Gasteiger partial charge on any atom is 0.287 e. The van der Waals surface area contributed by atoms with E-state index in [1.54, 1.807) is 18.6 Å². The van der Waals surface area contributed by atoms with E-state index in [-0.39, 0.29) is 11.3 Å². The summed E-state index contributed by atoms with van der Waals surface area (Å²) >= 11 is 0. The van der Waals surface area contributed by atoms with Gasteiger partial charge in [0.15, 0.2) is 0 Å². The first-order chi connectivity index (χ1) is 12.2. The Morgan fingerprint density at radius 1 is 1.24 bits per heavy atom. The van der Waals surface area contributed by atoms with Crippen molar-refractivity contribution < 1.29 is 4.92 Å². The van der Waals surface area contributed by atoms with Crippen LogP contribution in [0.2, 0.25) is 0 Å². The predicted molar refractivity (Wildman–Crippen MR) is 92.9 cm³/mol. The van der Waals surface area contributed by atoms with Gasteiger partial charge in [-0.15, -0.1) is 0 Å². The molecule has 0 atom stereocenters. The van der Waals surface area contributed by atoms with Crippen LogP contribution in [0.5, 0.6) is 0 Å². The molecular weight excluding hydrogens is 318 g/mol. The highest BCUT2D eigenvalue weighted by Gasteiger charge is 2.13. The fourth-order valence-electron chi connectivity index (χ4n) is 2.53. The van der Waals surface area contributed by atoms with E-state index < -0.39 is 4.92 Å². The summed E-state index contributed by atoms with van der Waals surface area (Å²) < 4.78 is 1.99. The average molecular weight is 333 g/mol. The van der Waals surface area contributed by atoms with E-state index in [2.05, 4.69) is 16.4 Å². The minimum Gasteiger partial charge on any atom is -0.381 e. The van der Waals surface area contributed by atoms with Crippen LogP contribution >= 0.6 is 0 Å². The molecule has 0 saturated heterocycles. The maximum absolute atomic E-state index is 10.9. The molecule has 0 aliphatic carbocycles. The van der Waals surface area contributed by atoms with Gasteiger partial charge in [-0.2, -0.15) is 5.26 Å². The molecule has 25 heavy (non-hydrogen) atoms. The fraction of sp³-hybridized carbons (Fsp3) is 0.111. The molecule has 0 saturated carbocycles. The summed E-state index contributed by atoms with van der Waals surface area (Å²) in [6, 6.07) is 14.4. The van der Waals surface area contributed by atoms with Crippen LogP contribution in [-0.4, -0.2) is 14.5 Å². The quantitative estimate of drug-likeness (QED) is 0.551. The number of rotatable bonds is 6. The van der Waals surface area contributed by atoms with Crippen LogP contribution < -0.4 is 5.32 Å². The molecule has 3 rings (SSSR count). The lowest BCUT2D eigenvalue weighted by atomic mass is 10.1. The number of imidazole rings is 1. The van der Waals surface area contributed by atoms with Gasteiger partial charge in [-0.05, 0) is 23.3 Å². The molecule has 0 bridgehead atoms. The van der Waals surface area contributed by atoms with E-state index in [1.807, 2.05) is 35.0 Å². The highest BCUT2D eigenvalue weighted by atomic mass is 16.6. The van der Waals surface area contributed by atoms with Crippen LogP contribution in [0.25, 0.3) is 0 Å². The second kappa shape index (κ2) is 7.27. The van der Waals surface area contributed by atoms with Gasteiger partial charge in [-0.3, -0.25) is 10.1 Å². The first-order valence-electron chi connectivity index (χ1n) is 7.61. The van der Waals surface area contributed by atoms with Gasteiger partial charge in [0, 0.05) is 37.2 Å². The number of hydrogen-bond donors (Lipinski definition) is 1. The van der Waals surface area contributed by atoms with Crippen LogP contribution in [0.15, 0.2) is 61.2 Å². The van der Waals surface area contributed by atoms with Crippen molar-refractivity contribution >= 4 is 11.4 Å². The number of nitro groups is 1. The number of aromatic nitrogens is 2. The average Bonchev–Trinajstić information content (AvgIpc) is 3.13. The Morgan fingerprint density at radius 2 is 2.08 bits per heavy atom. The third-order valence-corrected chi connectivity index (χ3v) is 3.73. The molecule has 0 amide bonds. The zero-order valence-corrected chi connectivity index (χ0v) is 13.3. The van der Waals surface area contributed by atoms with Crippen molar-refractivity contribution in [3.8, 4) is 6.07 Å². The van der Waals surface area contributed by atoms with Gasteiger partial charge in [-0.1, -0.05) is 24.3 Å². The van der Waals surface area contributed by atoms with E-state index >= 15 is 0 Å². The van der Waals surface area contributed by atoms with E-state index in [9.17, 15) is 10.1 Å². The SMILES string of the molecule is N#Cc1cc(NCc2cccc(Cn3ccnc3)c2)ccc1[N+](=O)[O-]. The van der Waals surface area contributed by atoms with Crippen molar-refractivity contribution in [3.05, 3.63) is 88.0 Å². The topological polar surface area (TPSA) is 96.8 Å². The predicted octanol–water partition coefficient (Wildman–Crippen LogP) is 3.32. The molecule has 0 spiro atoms. The smallest absolute Gasteiger partial charge is 0.287 e. The van der Waals surface area contributed by atoms with Crippen LogP contribution in [0.3, 0.4) is 0 Å². The van der Waals surface area contributed by atoms with Gasteiger partial charge in [0.25, 0.3) is 5.69 Å². The zero-order valence-electron chi connectivity index (χ0n) is 13.3. The number of hydrogen-bond acceptors (Lipinski definition) is 5. The number of nitrogens with one attached hydrogen (secondary N) is 1. The summed E-state index contributed by atoms with van der Waals surface area (Å²) in [5.41, 5.74) is 2.76. The number of benzene rings is 2. The second-order valence-electron chi connectivity index (χ2n) is 5.51. The Kier molecular flexibility index (Phi) is 4.72. The van der Waals surface area contributed by atoms with E-state index in [0.29, 0.717) is 12.2 Å². The molecule has 3 aromatic rings. The normalized spacial score (nSPS) is 10.2. The van der Waals surface area contributed by atoms with Crippen molar-refractivity contribution in [1.82, 2.24) is 9.55 Å². The van der Waals surface area contributed by atoms with Crippen molar-refractivity contribution in [2.45, 2.75) is 13.1 Å². The molecule has 0 aliphatic heterocycles. The molecule has 0 radical (unpaired) electrons. The van der Waals surface area contributed by atoms with Gasteiger partial charge in [0.1, 0.15) is 11.6 Å². The van der Waals surface area contributed by atoms with E-state index in [1.165, 1.54) is 12.1 Å². The van der Waals surface area contributed by atoms with Crippen molar-refractivity contribution in [2.24, 2.45) is 0 Å². The highest BCUT2D eigenvalue weighted by molar-refractivity contribution is 5.58. The van der Waals surface area contributed by atoms with E-state index in [0.717, 1.165) is 17.7 Å². The summed E-state index contributed by atoms with van der Waals surface area (Å²) in [5.74, 6) is 0. The fourth-order valence-corrected chi connectivity index (χ4v) is 2.53. The molecule has 0 unspecified atom stereocenters. The number of nitriles is 1. The van der Waals surface area contributed by atoms with Crippen LogP contribution in [0.4, 0.5) is 11.4 Å². The molecule has 2 aromatic carbocycles. The first-order valence-corrected chi connectivity index (χ1v) is 7.61. The molecule has 0 fully saturated rings. The van der Waals surface area contributed by atoms with Gasteiger partial charge < -0.3 is 9.88 Å². The molecule has 0 aliphatic rings. The minimum atomic E-state index is -0.554. The van der Waals surface area contributed by atoms with Gasteiger partial charge in [-0.25, -0.2) is 4.98 Å². The molecule has 124 valence electrons. The first kappa shape index (κ1) is 16.2. The minimum absolute atomic E-state index is 0.0452. The largest absolute Gasteiger partial charge is 0.381 e. The third-order valence-electron chi connectivity index (χ3n) is 3.73. The van der Waals surface area contributed by atoms with Crippen LogP contribution in [0.1, 0.15) is 16.7 Å². The molecule has 7 nitrogen and oxygen atoms in total. The van der Waals surface area contributed by atoms with Crippen molar-refractivity contribution in [1.29, 1.82) is 5.26 Å². The van der Waals surface area contributed by atoms with Gasteiger partial charge in [0.05, 0.1) is 11.3 Å². The van der Waals surface area contributed by atoms with Gasteiger partial charge in [0.2, 0.25) is 0 Å². The molecule has 7 heteroatoms. The summed E-state index contributed by atoms with van der Waals surface area (Å²) in [4.78, 5) is 14.3. The molecule has 1 N–H and O–H groups in total. The maximum atomic E-state index is 10.9. The molecule has 1 aromatic heterocycles. The Balaban J connectivity index is 1.69. The lowest BCUT2D eigenvalue weighted by Gasteiger charge is -2.09. The highest BCUT2D eigenvalue weighted by Crippen LogP contribution is 2.22. The molecule has 1 heterocycles. The Morgan fingerprint density at radius 3 is 2.80 bits per heavy atom. The lowest BCUT2D eigenvalue weighted by molar-refractivity contribution is -0.385. The summed E-state index contributed by atoms with van der Waals surface area (Å²) in [5, 5.41) is 23.1. The number of nitrogens with zero attached hydrogens (tertiary/aromatic N) is 4. The molecular formula is C18H15N5O2. The standard InChI is InChI=1S/C18H15N5O2/c19-10-16-9-17(4-5-18(16)23(24)25)21-11-14-2-1-3-15(8-14)12-22-7-6-20-13-22/h1-9,13,21H,11-12H2. The van der Waals surface area contributed by atoms with Crippen LogP contribution in [-0.2, 0) is 13.1 Å². The number of nitro benzene ring substituents is 1. The summed E-state index contributed by atoms with van der Waals surface area (Å²) in [6.45, 7) is 1.30. The lowest BCUT2D eigenvalue weighted by Crippen LogP contribution is -2.02. The Bertz CT molecular complexity index is 929. The summed E-state index contributed by atoms with van der Waals surface area (Å²) in [6.07, 6.45) is 5.42. The van der Waals surface area contributed by atoms with Crippen molar-refractivity contribution in [3.63, 3.8) is 0 Å². The Hall–Kier alpha value is -3.66. The van der Waals surface area contributed by atoms with Gasteiger partial charge >= 0.3 is 0 Å².